The number of amides is 2. The molecule has 0 atom stereocenters. The SMILES string of the molecule is CN(CC(=O)Nc1ccc(F)cc1)C(=O)c1ccc(-n2cccc2)cc1. The maximum absolute atomic E-state index is 12.9. The van der Waals surface area contributed by atoms with Crippen LogP contribution in [0.25, 0.3) is 5.69 Å². The Kier molecular flexibility index (Phi) is 5.12. The fourth-order valence-corrected chi connectivity index (χ4v) is 2.52. The Morgan fingerprint density at radius 1 is 1.00 bits per heavy atom. The number of nitrogens with one attached hydrogen (secondary N) is 1. The average Bonchev–Trinajstić information content (AvgIpc) is 3.18. The second-order valence-electron chi connectivity index (χ2n) is 5.85. The summed E-state index contributed by atoms with van der Waals surface area (Å²) in [6.07, 6.45) is 3.84. The van der Waals surface area contributed by atoms with Crippen molar-refractivity contribution in [2.75, 3.05) is 18.9 Å². The molecule has 1 N–H and O–H groups in total. The number of nitrogens with zero attached hydrogens (tertiary/aromatic N) is 2. The van der Waals surface area contributed by atoms with E-state index in [2.05, 4.69) is 5.32 Å². The number of anilines is 1. The molecule has 5 nitrogen and oxygen atoms in total. The molecule has 0 aliphatic rings. The Balaban J connectivity index is 1.60. The molecule has 2 aromatic carbocycles. The van der Waals surface area contributed by atoms with Gasteiger partial charge in [-0.1, -0.05) is 0 Å². The van der Waals surface area contributed by atoms with E-state index < -0.39 is 0 Å². The van der Waals surface area contributed by atoms with Gasteiger partial charge in [-0.2, -0.15) is 0 Å². The van der Waals surface area contributed by atoms with Gasteiger partial charge in [-0.05, 0) is 60.7 Å². The monoisotopic (exact) mass is 351 g/mol. The number of hydrogen-bond acceptors (Lipinski definition) is 2. The van der Waals surface area contributed by atoms with Crippen LogP contribution in [0.3, 0.4) is 0 Å². The van der Waals surface area contributed by atoms with Crippen LogP contribution in [0.15, 0.2) is 73.1 Å². The summed E-state index contributed by atoms with van der Waals surface area (Å²) in [5.74, 6) is -0.978. The van der Waals surface area contributed by atoms with E-state index in [0.717, 1.165) is 5.69 Å². The standard InChI is InChI=1S/C20H18FN3O2/c1-23(14-19(25)22-17-8-6-16(21)7-9-17)20(26)15-4-10-18(11-5-15)24-12-2-3-13-24/h2-13H,14H2,1H3,(H,22,25). The molecule has 2 amide bonds. The van der Waals surface area contributed by atoms with Gasteiger partial charge in [0.1, 0.15) is 5.82 Å². The van der Waals surface area contributed by atoms with E-state index in [9.17, 15) is 14.0 Å². The molecule has 0 radical (unpaired) electrons. The Labute approximate surface area is 150 Å². The van der Waals surface area contributed by atoms with Gasteiger partial charge < -0.3 is 14.8 Å². The topological polar surface area (TPSA) is 54.3 Å². The summed E-state index contributed by atoms with van der Waals surface area (Å²) in [6, 6.07) is 16.5. The van der Waals surface area contributed by atoms with E-state index in [1.54, 1.807) is 19.2 Å². The zero-order valence-corrected chi connectivity index (χ0v) is 14.2. The van der Waals surface area contributed by atoms with E-state index >= 15 is 0 Å². The van der Waals surface area contributed by atoms with Gasteiger partial charge in [-0.15, -0.1) is 0 Å². The summed E-state index contributed by atoms with van der Waals surface area (Å²) in [6.45, 7) is -0.102. The predicted molar refractivity (Wildman–Crippen MR) is 97.8 cm³/mol. The van der Waals surface area contributed by atoms with Gasteiger partial charge in [0.2, 0.25) is 5.91 Å². The molecule has 0 saturated heterocycles. The van der Waals surface area contributed by atoms with Crippen molar-refractivity contribution in [3.8, 4) is 5.69 Å². The fourth-order valence-electron chi connectivity index (χ4n) is 2.52. The van der Waals surface area contributed by atoms with Crippen molar-refractivity contribution in [1.82, 2.24) is 9.47 Å². The molecule has 132 valence electrons. The quantitative estimate of drug-likeness (QED) is 0.767. The smallest absolute Gasteiger partial charge is 0.254 e. The normalized spacial score (nSPS) is 10.4. The van der Waals surface area contributed by atoms with Crippen molar-refractivity contribution >= 4 is 17.5 Å². The maximum Gasteiger partial charge on any atom is 0.254 e. The molecule has 0 spiro atoms. The molecule has 1 aromatic heterocycles. The third-order valence-corrected chi connectivity index (χ3v) is 3.87. The van der Waals surface area contributed by atoms with E-state index in [1.165, 1.54) is 29.2 Å². The lowest BCUT2D eigenvalue weighted by Crippen LogP contribution is -2.34. The lowest BCUT2D eigenvalue weighted by atomic mass is 10.2. The van der Waals surface area contributed by atoms with E-state index in [0.29, 0.717) is 11.3 Å². The van der Waals surface area contributed by atoms with Crippen molar-refractivity contribution < 1.29 is 14.0 Å². The third-order valence-electron chi connectivity index (χ3n) is 3.87. The molecule has 0 aliphatic carbocycles. The van der Waals surface area contributed by atoms with Crippen LogP contribution in [0.2, 0.25) is 0 Å². The maximum atomic E-state index is 12.9. The summed E-state index contributed by atoms with van der Waals surface area (Å²) < 4.78 is 14.8. The number of halogens is 1. The fraction of sp³-hybridized carbons (Fsp3) is 0.100. The molecule has 0 bridgehead atoms. The number of carbonyl (C=O) groups excluding carboxylic acids is 2. The minimum Gasteiger partial charge on any atom is -0.332 e. The molecular formula is C20H18FN3O2. The lowest BCUT2D eigenvalue weighted by molar-refractivity contribution is -0.116. The zero-order chi connectivity index (χ0) is 18.5. The highest BCUT2D eigenvalue weighted by Crippen LogP contribution is 2.12. The number of likely N-dealkylation sites (N-methyl/N-ethyl adjacent to an activating group) is 1. The van der Waals surface area contributed by atoms with Gasteiger partial charge in [-0.3, -0.25) is 9.59 Å². The van der Waals surface area contributed by atoms with E-state index in [-0.39, 0.29) is 24.2 Å². The third kappa shape index (κ3) is 4.16. The Hall–Kier alpha value is -3.41. The van der Waals surface area contributed by atoms with Crippen LogP contribution in [-0.4, -0.2) is 34.9 Å². The van der Waals surface area contributed by atoms with Crippen molar-refractivity contribution in [3.05, 3.63) is 84.4 Å². The van der Waals surface area contributed by atoms with Crippen molar-refractivity contribution in [2.45, 2.75) is 0 Å². The molecule has 3 rings (SSSR count). The van der Waals surface area contributed by atoms with Gasteiger partial charge in [0.25, 0.3) is 5.91 Å². The Bertz CT molecular complexity index is 888. The van der Waals surface area contributed by atoms with Crippen LogP contribution in [0.1, 0.15) is 10.4 Å². The second kappa shape index (κ2) is 7.65. The summed E-state index contributed by atoms with van der Waals surface area (Å²) in [4.78, 5) is 25.9. The highest BCUT2D eigenvalue weighted by Gasteiger charge is 2.15. The molecule has 26 heavy (non-hydrogen) atoms. The first kappa shape index (κ1) is 17.4. The summed E-state index contributed by atoms with van der Waals surface area (Å²) in [5, 5.41) is 2.63. The van der Waals surface area contributed by atoms with Gasteiger partial charge >= 0.3 is 0 Å². The summed E-state index contributed by atoms with van der Waals surface area (Å²) >= 11 is 0. The first-order valence-electron chi connectivity index (χ1n) is 8.07. The van der Waals surface area contributed by atoms with Gasteiger partial charge in [-0.25, -0.2) is 4.39 Å². The summed E-state index contributed by atoms with van der Waals surface area (Å²) in [5.41, 5.74) is 1.93. The summed E-state index contributed by atoms with van der Waals surface area (Å²) in [7, 11) is 1.56. The van der Waals surface area contributed by atoms with Crippen LogP contribution in [0, 0.1) is 5.82 Å². The number of rotatable bonds is 5. The van der Waals surface area contributed by atoms with Crippen LogP contribution in [-0.2, 0) is 4.79 Å². The van der Waals surface area contributed by atoms with Crippen LogP contribution in [0.4, 0.5) is 10.1 Å². The zero-order valence-electron chi connectivity index (χ0n) is 14.2. The number of benzene rings is 2. The molecule has 0 aliphatic heterocycles. The molecular weight excluding hydrogens is 333 g/mol. The van der Waals surface area contributed by atoms with Gasteiger partial charge in [0.05, 0.1) is 6.54 Å². The van der Waals surface area contributed by atoms with Crippen LogP contribution >= 0.6 is 0 Å². The first-order valence-corrected chi connectivity index (χ1v) is 8.07. The highest BCUT2D eigenvalue weighted by molar-refractivity contribution is 5.99. The molecule has 0 fully saturated rings. The Morgan fingerprint density at radius 3 is 2.23 bits per heavy atom. The van der Waals surface area contributed by atoms with E-state index in [1.807, 2.05) is 41.2 Å². The number of hydrogen-bond donors (Lipinski definition) is 1. The molecule has 6 heteroatoms. The Morgan fingerprint density at radius 2 is 1.62 bits per heavy atom. The molecule has 0 saturated carbocycles. The predicted octanol–water partition coefficient (Wildman–Crippen LogP) is 3.33. The molecule has 0 unspecified atom stereocenters. The van der Waals surface area contributed by atoms with Gasteiger partial charge in [0.15, 0.2) is 0 Å². The van der Waals surface area contributed by atoms with Crippen molar-refractivity contribution in [3.63, 3.8) is 0 Å². The minimum absolute atomic E-state index is 0.102. The molecule has 3 aromatic rings. The highest BCUT2D eigenvalue weighted by atomic mass is 19.1. The molecule has 1 heterocycles. The van der Waals surface area contributed by atoms with Gasteiger partial charge in [0, 0.05) is 36.4 Å². The van der Waals surface area contributed by atoms with Crippen LogP contribution < -0.4 is 5.32 Å². The second-order valence-corrected chi connectivity index (χ2v) is 5.85. The van der Waals surface area contributed by atoms with Crippen molar-refractivity contribution in [2.24, 2.45) is 0 Å². The number of aromatic nitrogens is 1. The lowest BCUT2D eigenvalue weighted by Gasteiger charge is -2.17. The first-order chi connectivity index (χ1) is 12.5. The van der Waals surface area contributed by atoms with Crippen LogP contribution in [0.5, 0.6) is 0 Å². The minimum atomic E-state index is -0.376. The number of carbonyl (C=O) groups is 2. The van der Waals surface area contributed by atoms with E-state index in [4.69, 9.17) is 0 Å². The van der Waals surface area contributed by atoms with Crippen molar-refractivity contribution in [1.29, 1.82) is 0 Å². The largest absolute Gasteiger partial charge is 0.332 e. The average molecular weight is 351 g/mol.